The van der Waals surface area contributed by atoms with E-state index < -0.39 is 0 Å². The van der Waals surface area contributed by atoms with Crippen molar-refractivity contribution in [2.24, 2.45) is 0 Å². The maximum absolute atomic E-state index is 5.89. The van der Waals surface area contributed by atoms with Crippen molar-refractivity contribution in [1.29, 1.82) is 0 Å². The Labute approximate surface area is 130 Å². The monoisotopic (exact) mass is 318 g/mol. The molecule has 1 saturated heterocycles. The maximum atomic E-state index is 5.89. The van der Waals surface area contributed by atoms with E-state index in [0.29, 0.717) is 0 Å². The fraction of sp³-hybridized carbons (Fsp3) is 0.357. The molecule has 0 aromatic carbocycles. The Bertz CT molecular complexity index is 686. The topological polar surface area (TPSA) is 51.1 Å². The van der Waals surface area contributed by atoms with Crippen molar-refractivity contribution in [3.8, 4) is 5.19 Å². The van der Waals surface area contributed by atoms with Gasteiger partial charge in [0.1, 0.15) is 11.6 Å². The summed E-state index contributed by atoms with van der Waals surface area (Å²) in [6.07, 6.45) is 7.71. The molecule has 108 valence electrons. The van der Waals surface area contributed by atoms with Crippen LogP contribution in [-0.2, 0) is 0 Å². The van der Waals surface area contributed by atoms with Crippen molar-refractivity contribution >= 4 is 38.0 Å². The molecular weight excluding hydrogens is 304 g/mol. The number of anilines is 1. The molecule has 0 saturated carbocycles. The van der Waals surface area contributed by atoms with Crippen molar-refractivity contribution in [3.05, 3.63) is 30.0 Å². The molecule has 0 N–H and O–H groups in total. The Hall–Kier alpha value is -1.73. The largest absolute Gasteiger partial charge is 0.467 e. The van der Waals surface area contributed by atoms with Gasteiger partial charge in [0.15, 0.2) is 5.13 Å². The molecule has 0 unspecified atom stereocenters. The number of thiazole rings is 2. The maximum Gasteiger partial charge on any atom is 0.273 e. The zero-order chi connectivity index (χ0) is 14.1. The van der Waals surface area contributed by atoms with Crippen molar-refractivity contribution < 1.29 is 4.74 Å². The van der Waals surface area contributed by atoms with Gasteiger partial charge in [0.2, 0.25) is 0 Å². The van der Waals surface area contributed by atoms with E-state index in [4.69, 9.17) is 4.74 Å². The van der Waals surface area contributed by atoms with E-state index in [9.17, 15) is 0 Å². The Morgan fingerprint density at radius 1 is 1.24 bits per heavy atom. The quantitative estimate of drug-likeness (QED) is 0.742. The van der Waals surface area contributed by atoms with Gasteiger partial charge in [-0.1, -0.05) is 22.7 Å². The Kier molecular flexibility index (Phi) is 3.44. The van der Waals surface area contributed by atoms with Crippen LogP contribution in [0.25, 0.3) is 10.2 Å². The van der Waals surface area contributed by atoms with Crippen LogP contribution in [0.2, 0.25) is 0 Å². The zero-order valence-electron chi connectivity index (χ0n) is 11.3. The lowest BCUT2D eigenvalue weighted by Crippen LogP contribution is -2.38. The number of rotatable bonds is 3. The molecule has 3 aromatic rings. The third-order valence-electron chi connectivity index (χ3n) is 3.57. The normalized spacial score (nSPS) is 16.5. The minimum atomic E-state index is 0.267. The molecule has 1 aliphatic rings. The summed E-state index contributed by atoms with van der Waals surface area (Å²) in [4.78, 5) is 15.3. The number of fused-ring (bicyclic) bond motifs is 1. The molecule has 4 rings (SSSR count). The first-order valence-electron chi connectivity index (χ1n) is 6.90. The predicted molar refractivity (Wildman–Crippen MR) is 85.4 cm³/mol. The highest BCUT2D eigenvalue weighted by Gasteiger charge is 2.23. The molecule has 7 heteroatoms. The number of piperidine rings is 1. The Balaban J connectivity index is 1.42. The van der Waals surface area contributed by atoms with E-state index in [0.717, 1.165) is 41.8 Å². The summed E-state index contributed by atoms with van der Waals surface area (Å²) in [6.45, 7) is 1.95. The second kappa shape index (κ2) is 5.57. The molecule has 1 aliphatic heterocycles. The minimum absolute atomic E-state index is 0.267. The molecule has 0 atom stereocenters. The molecule has 4 heterocycles. The van der Waals surface area contributed by atoms with Crippen molar-refractivity contribution in [2.75, 3.05) is 18.0 Å². The molecule has 0 aliphatic carbocycles. The van der Waals surface area contributed by atoms with Gasteiger partial charge in [0.05, 0.1) is 10.9 Å². The summed E-state index contributed by atoms with van der Waals surface area (Å²) in [5, 5.41) is 3.81. The van der Waals surface area contributed by atoms with E-state index in [-0.39, 0.29) is 6.10 Å². The van der Waals surface area contributed by atoms with Crippen molar-refractivity contribution in [3.63, 3.8) is 0 Å². The van der Waals surface area contributed by atoms with Crippen LogP contribution in [0.1, 0.15) is 12.8 Å². The molecule has 0 amide bonds. The van der Waals surface area contributed by atoms with Crippen LogP contribution in [0.5, 0.6) is 5.19 Å². The summed E-state index contributed by atoms with van der Waals surface area (Å²) < 4.78 is 7.09. The second-order valence-corrected chi connectivity index (χ2v) is 6.81. The number of hydrogen-bond acceptors (Lipinski definition) is 7. The van der Waals surface area contributed by atoms with Gasteiger partial charge in [-0.2, -0.15) is 0 Å². The smallest absolute Gasteiger partial charge is 0.273 e. The van der Waals surface area contributed by atoms with Crippen LogP contribution in [0.4, 0.5) is 5.13 Å². The highest BCUT2D eigenvalue weighted by atomic mass is 32.1. The number of hydrogen-bond donors (Lipinski definition) is 0. The average Bonchev–Trinajstić information content (AvgIpc) is 3.16. The molecule has 0 radical (unpaired) electrons. The molecule has 0 bridgehead atoms. The molecule has 1 fully saturated rings. The molecule has 0 spiro atoms. The Morgan fingerprint density at radius 3 is 2.90 bits per heavy atom. The fourth-order valence-corrected chi connectivity index (χ4v) is 4.01. The van der Waals surface area contributed by atoms with Gasteiger partial charge in [-0.25, -0.2) is 9.97 Å². The van der Waals surface area contributed by atoms with Gasteiger partial charge in [-0.15, -0.1) is 0 Å². The Morgan fingerprint density at radius 2 is 2.14 bits per heavy atom. The number of ether oxygens (including phenoxy) is 1. The standard InChI is InChI=1S/C14H14N4OS2/c1-4-15-9-11-12(1)21-13(17-11)18-6-2-10(3-7-18)19-14-16-5-8-20-14/h1,4-5,8-10H,2-3,6-7H2. The summed E-state index contributed by atoms with van der Waals surface area (Å²) in [7, 11) is 0. The van der Waals surface area contributed by atoms with Gasteiger partial charge in [0, 0.05) is 43.7 Å². The van der Waals surface area contributed by atoms with Crippen LogP contribution in [0.15, 0.2) is 30.0 Å². The third kappa shape index (κ3) is 2.71. The highest BCUT2D eigenvalue weighted by Crippen LogP contribution is 2.30. The van der Waals surface area contributed by atoms with Crippen LogP contribution in [0, 0.1) is 0 Å². The summed E-state index contributed by atoms with van der Waals surface area (Å²) in [5.41, 5.74) is 0.985. The number of aromatic nitrogens is 3. The second-order valence-electron chi connectivity index (χ2n) is 4.94. The highest BCUT2D eigenvalue weighted by molar-refractivity contribution is 7.22. The van der Waals surface area contributed by atoms with Crippen LogP contribution < -0.4 is 9.64 Å². The lowest BCUT2D eigenvalue weighted by atomic mass is 10.1. The first-order chi connectivity index (χ1) is 10.4. The van der Waals surface area contributed by atoms with E-state index in [1.807, 2.05) is 23.8 Å². The van der Waals surface area contributed by atoms with Gasteiger partial charge >= 0.3 is 0 Å². The SMILES string of the molecule is c1cc2sc(N3CCC(Oc4nccs4)CC3)nc2cn1. The van der Waals surface area contributed by atoms with Gasteiger partial charge in [-0.3, -0.25) is 4.98 Å². The fourth-order valence-electron chi connectivity index (χ4n) is 2.48. The van der Waals surface area contributed by atoms with E-state index in [2.05, 4.69) is 19.9 Å². The summed E-state index contributed by atoms with van der Waals surface area (Å²) >= 11 is 3.29. The minimum Gasteiger partial charge on any atom is -0.467 e. The average molecular weight is 318 g/mol. The summed E-state index contributed by atoms with van der Waals surface area (Å²) in [6, 6.07) is 2.02. The summed E-state index contributed by atoms with van der Waals surface area (Å²) in [5.74, 6) is 0. The van der Waals surface area contributed by atoms with Crippen molar-refractivity contribution in [2.45, 2.75) is 18.9 Å². The van der Waals surface area contributed by atoms with Crippen LogP contribution >= 0.6 is 22.7 Å². The molecular formula is C14H14N4OS2. The van der Waals surface area contributed by atoms with E-state index in [1.54, 1.807) is 28.9 Å². The number of pyridine rings is 1. The van der Waals surface area contributed by atoms with Gasteiger partial charge < -0.3 is 9.64 Å². The molecule has 3 aromatic heterocycles. The number of nitrogens with zero attached hydrogens (tertiary/aromatic N) is 4. The zero-order valence-corrected chi connectivity index (χ0v) is 12.9. The predicted octanol–water partition coefficient (Wildman–Crippen LogP) is 3.20. The third-order valence-corrected chi connectivity index (χ3v) is 5.33. The van der Waals surface area contributed by atoms with E-state index in [1.165, 1.54) is 4.70 Å². The van der Waals surface area contributed by atoms with Crippen molar-refractivity contribution in [1.82, 2.24) is 15.0 Å². The van der Waals surface area contributed by atoms with Crippen LogP contribution in [-0.4, -0.2) is 34.1 Å². The molecule has 21 heavy (non-hydrogen) atoms. The van der Waals surface area contributed by atoms with E-state index >= 15 is 0 Å². The first kappa shape index (κ1) is 13.0. The lowest BCUT2D eigenvalue weighted by molar-refractivity contribution is 0.170. The lowest BCUT2D eigenvalue weighted by Gasteiger charge is -2.31. The van der Waals surface area contributed by atoms with Crippen LogP contribution in [0.3, 0.4) is 0 Å². The molecule has 5 nitrogen and oxygen atoms in total. The first-order valence-corrected chi connectivity index (χ1v) is 8.60. The van der Waals surface area contributed by atoms with Gasteiger partial charge in [0.25, 0.3) is 5.19 Å². The van der Waals surface area contributed by atoms with Gasteiger partial charge in [-0.05, 0) is 6.07 Å².